The smallest absolute Gasteiger partial charge is 0.282 e. The summed E-state index contributed by atoms with van der Waals surface area (Å²) in [6.07, 6.45) is 5.95. The number of rotatable bonds is 23. The molecule has 1 amide bonds. The van der Waals surface area contributed by atoms with E-state index in [1.165, 1.54) is 91.8 Å². The van der Waals surface area contributed by atoms with Crippen molar-refractivity contribution in [2.24, 2.45) is 14.1 Å². The topological polar surface area (TPSA) is 371 Å². The van der Waals surface area contributed by atoms with E-state index in [4.69, 9.17) is 52.7 Å². The fraction of sp³-hybridized carbons (Fsp3) is 0.145. The Hall–Kier alpha value is -12.6. The van der Waals surface area contributed by atoms with E-state index in [1.807, 2.05) is 6.92 Å². The molecular formula is C69H61N17O13S3. The lowest BCUT2D eigenvalue weighted by atomic mass is 10.1. The van der Waals surface area contributed by atoms with Crippen LogP contribution in [0.2, 0.25) is 0 Å². The van der Waals surface area contributed by atoms with Crippen LogP contribution >= 0.6 is 0 Å². The summed E-state index contributed by atoms with van der Waals surface area (Å²) in [7, 11) is -0.525. The zero-order chi connectivity index (χ0) is 71.5. The molecule has 14 rings (SSSR count). The second-order valence-corrected chi connectivity index (χ2v) is 28.4. The molecule has 7 aromatic heterocycles. The van der Waals surface area contributed by atoms with E-state index in [0.29, 0.717) is 107 Å². The van der Waals surface area contributed by atoms with E-state index >= 15 is 0 Å². The van der Waals surface area contributed by atoms with Gasteiger partial charge in [0.25, 0.3) is 36.0 Å². The van der Waals surface area contributed by atoms with Crippen LogP contribution in [-0.4, -0.2) is 128 Å². The Kier molecular flexibility index (Phi) is 17.1. The van der Waals surface area contributed by atoms with Crippen molar-refractivity contribution >= 4 is 143 Å². The molecule has 102 heavy (non-hydrogen) atoms. The first-order valence-electron chi connectivity index (χ1n) is 31.0. The van der Waals surface area contributed by atoms with Crippen LogP contribution in [0, 0.1) is 0 Å². The molecule has 0 aliphatic carbocycles. The van der Waals surface area contributed by atoms with Gasteiger partial charge in [-0.1, -0.05) is 19.1 Å². The first-order chi connectivity index (χ1) is 48.9. The van der Waals surface area contributed by atoms with Gasteiger partial charge in [-0.3, -0.25) is 19.0 Å². The van der Waals surface area contributed by atoms with Gasteiger partial charge in [0.1, 0.15) is 34.5 Å². The number of aromatic nitrogens is 10. The van der Waals surface area contributed by atoms with Crippen molar-refractivity contribution in [3.8, 4) is 45.6 Å². The summed E-state index contributed by atoms with van der Waals surface area (Å²) in [5.41, 5.74) is 5.79. The number of carbonyl (C=O) groups is 1. The number of para-hydroxylation sites is 2. The molecule has 0 radical (unpaired) electrons. The van der Waals surface area contributed by atoms with Gasteiger partial charge in [0, 0.05) is 97.9 Å². The number of amides is 1. The standard InChI is InChI=1S/C69H61N17O13S3/c1-10-46-51(29-44(96-8)32-58(46)97-9)76-65-67(83-102(92,93)60-34-86(5)36-71-60)75-50-22-18-38(25-52(50)77-65)56-27-40-23-43(95-7)31-55(62(40)98-56)80-64-68(81-100(88,89)45-19-15-37(16-20-45)69(87)84(2)3)78-53-26-39(17-21-49(53)73-64)57-28-41-24-42(94-6)30-54(61(41)99-57)79-63-66(74-48-14-12-11-13-47(48)72-63)82-101(90,91)59-33-85(4)35-70-59/h11-36H,10H2,1-9H3,(H,72,79)(H,73,80)(H,74,82)(H,75,83)(H,76,77)(H,78,81). The van der Waals surface area contributed by atoms with Gasteiger partial charge in [-0.25, -0.2) is 48.3 Å². The van der Waals surface area contributed by atoms with Gasteiger partial charge >= 0.3 is 0 Å². The van der Waals surface area contributed by atoms with Crippen molar-refractivity contribution in [1.29, 1.82) is 0 Å². The number of anilines is 9. The van der Waals surface area contributed by atoms with Crippen molar-refractivity contribution < 1.29 is 57.8 Å². The minimum absolute atomic E-state index is 0.0347. The number of hydrogen-bond acceptors (Lipinski definition) is 24. The second kappa shape index (κ2) is 26.2. The van der Waals surface area contributed by atoms with Crippen molar-refractivity contribution in [1.82, 2.24) is 53.9 Å². The Balaban J connectivity index is 0.843. The average Bonchev–Trinajstić information content (AvgIpc) is 1.49. The summed E-state index contributed by atoms with van der Waals surface area (Å²) in [6, 6.07) is 36.5. The molecule has 30 nitrogen and oxygen atoms in total. The Morgan fingerprint density at radius 2 is 0.882 bits per heavy atom. The molecule has 0 unspecified atom stereocenters. The third-order valence-electron chi connectivity index (χ3n) is 16.3. The predicted octanol–water partition coefficient (Wildman–Crippen LogP) is 11.7. The largest absolute Gasteiger partial charge is 0.497 e. The summed E-state index contributed by atoms with van der Waals surface area (Å²) >= 11 is 0. The molecule has 7 aromatic carbocycles. The highest BCUT2D eigenvalue weighted by atomic mass is 32.2. The summed E-state index contributed by atoms with van der Waals surface area (Å²) in [4.78, 5) is 51.2. The number of furan rings is 2. The summed E-state index contributed by atoms with van der Waals surface area (Å²) in [5, 5.41) is 10.5. The lowest BCUT2D eigenvalue weighted by molar-refractivity contribution is 0.0827. The number of benzene rings is 7. The number of ether oxygens (including phenoxy) is 4. The maximum absolute atomic E-state index is 14.6. The monoisotopic (exact) mass is 1430 g/mol. The first kappa shape index (κ1) is 66.6. The molecular weight excluding hydrogens is 1370 g/mol. The summed E-state index contributed by atoms with van der Waals surface area (Å²) in [6.45, 7) is 1.94. The highest BCUT2D eigenvalue weighted by molar-refractivity contribution is 7.93. The molecule has 0 aliphatic rings. The van der Waals surface area contributed by atoms with Crippen molar-refractivity contribution in [3.63, 3.8) is 0 Å². The van der Waals surface area contributed by atoms with E-state index in [-0.39, 0.29) is 78.1 Å². The van der Waals surface area contributed by atoms with Gasteiger partial charge in [-0.05, 0) is 103 Å². The van der Waals surface area contributed by atoms with Gasteiger partial charge in [-0.2, -0.15) is 16.8 Å². The van der Waals surface area contributed by atoms with E-state index in [0.717, 1.165) is 5.56 Å². The highest BCUT2D eigenvalue weighted by Gasteiger charge is 2.28. The average molecular weight is 1430 g/mol. The molecule has 518 valence electrons. The van der Waals surface area contributed by atoms with Gasteiger partial charge in [0.15, 0.2) is 56.1 Å². The zero-order valence-electron chi connectivity index (χ0n) is 55.7. The minimum Gasteiger partial charge on any atom is -0.497 e. The molecule has 14 aromatic rings. The SMILES string of the molecule is CCc1c(Nc2nc3cc(-c4cc5cc(OC)cc(Nc6nc7ccc(-c8cc9cc(OC)cc(Nc%10nc%11ccccc%11nc%10NS(=O)(=O)c%10cn(C)cn%10)c9o8)cc7nc6NS(=O)(=O)c6ccc(C(=O)N(C)C)cc6)c5o4)ccc3nc2NS(=O)(=O)c2cn(C)cn2)cc(OC)cc1OC. The zero-order valence-corrected chi connectivity index (χ0v) is 58.1. The molecule has 0 bridgehead atoms. The van der Waals surface area contributed by atoms with Crippen LogP contribution in [-0.2, 0) is 50.6 Å². The number of methoxy groups -OCH3 is 4. The van der Waals surface area contributed by atoms with Crippen LogP contribution in [0.25, 0.3) is 77.7 Å². The fourth-order valence-corrected chi connectivity index (χ4v) is 14.3. The highest BCUT2D eigenvalue weighted by Crippen LogP contribution is 2.43. The normalized spacial score (nSPS) is 11.9. The van der Waals surface area contributed by atoms with Crippen molar-refractivity contribution in [2.75, 3.05) is 72.7 Å². The fourth-order valence-electron chi connectivity index (χ4n) is 11.3. The van der Waals surface area contributed by atoms with E-state index in [2.05, 4.69) is 45.1 Å². The Bertz CT molecular complexity index is 6060. The Labute approximate surface area is 581 Å². The predicted molar refractivity (Wildman–Crippen MR) is 384 cm³/mol. The van der Waals surface area contributed by atoms with Gasteiger partial charge in [-0.15, -0.1) is 0 Å². The van der Waals surface area contributed by atoms with E-state index in [9.17, 15) is 30.0 Å². The molecule has 0 atom stereocenters. The molecule has 33 heteroatoms. The van der Waals surface area contributed by atoms with Crippen LogP contribution < -0.4 is 49.1 Å². The quantitative estimate of drug-likeness (QED) is 0.0346. The third kappa shape index (κ3) is 13.1. The van der Waals surface area contributed by atoms with Gasteiger partial charge in [0.2, 0.25) is 0 Å². The second-order valence-electron chi connectivity index (χ2n) is 23.4. The van der Waals surface area contributed by atoms with Crippen LogP contribution in [0.3, 0.4) is 0 Å². The van der Waals surface area contributed by atoms with E-state index < -0.39 is 30.1 Å². The van der Waals surface area contributed by atoms with Crippen LogP contribution in [0.1, 0.15) is 22.8 Å². The number of nitrogens with zero attached hydrogens (tertiary/aromatic N) is 11. The number of fused-ring (bicyclic) bond motifs is 5. The van der Waals surface area contributed by atoms with Crippen molar-refractivity contribution in [3.05, 3.63) is 170 Å². The van der Waals surface area contributed by atoms with Crippen molar-refractivity contribution in [2.45, 2.75) is 28.3 Å². The molecule has 6 N–H and O–H groups in total. The third-order valence-corrected chi connectivity index (χ3v) is 20.1. The van der Waals surface area contributed by atoms with Gasteiger partial charge < -0.3 is 57.8 Å². The lowest BCUT2D eigenvalue weighted by Gasteiger charge is -2.18. The number of aryl methyl sites for hydroxylation is 2. The van der Waals surface area contributed by atoms with E-state index in [1.54, 1.807) is 137 Å². The Morgan fingerprint density at radius 1 is 0.471 bits per heavy atom. The van der Waals surface area contributed by atoms with Crippen LogP contribution in [0.4, 0.5) is 52.0 Å². The van der Waals surface area contributed by atoms with Crippen LogP contribution in [0.5, 0.6) is 23.0 Å². The number of hydrogen-bond donors (Lipinski definition) is 6. The molecule has 0 saturated heterocycles. The summed E-state index contributed by atoms with van der Waals surface area (Å²) in [5.74, 6) is 1.63. The minimum atomic E-state index is -4.49. The number of imidazole rings is 2. The Morgan fingerprint density at radius 3 is 1.31 bits per heavy atom. The maximum atomic E-state index is 14.6. The lowest BCUT2D eigenvalue weighted by Crippen LogP contribution is -2.22. The molecule has 0 fully saturated rings. The number of nitrogens with one attached hydrogen (secondary N) is 6. The number of sulfonamides is 3. The number of carbonyl (C=O) groups excluding carboxylic acids is 1. The maximum Gasteiger partial charge on any atom is 0.282 e. The molecule has 7 heterocycles. The van der Waals surface area contributed by atoms with Gasteiger partial charge in [0.05, 0.1) is 96.2 Å². The molecule has 0 aliphatic heterocycles. The van der Waals surface area contributed by atoms with Crippen LogP contribution in [0.15, 0.2) is 182 Å². The molecule has 0 spiro atoms. The molecule has 0 saturated carbocycles. The first-order valence-corrected chi connectivity index (χ1v) is 35.5. The summed E-state index contributed by atoms with van der Waals surface area (Å²) < 4.78 is 131.